The molecule has 1 atom stereocenters. The molecule has 0 spiro atoms. The molecule has 0 saturated carbocycles. The fraction of sp³-hybridized carbons (Fsp3) is 0.278. The maximum atomic E-state index is 6.14. The maximum Gasteiger partial charge on any atom is 0.171 e. The van der Waals surface area contributed by atoms with Crippen molar-refractivity contribution in [2.24, 2.45) is 0 Å². The molecule has 2 aromatic carbocycles. The van der Waals surface area contributed by atoms with Crippen molar-refractivity contribution in [3.05, 3.63) is 52.5 Å². The van der Waals surface area contributed by atoms with E-state index in [-0.39, 0.29) is 6.04 Å². The molecule has 0 aromatic heterocycles. The lowest BCUT2D eigenvalue weighted by Gasteiger charge is -2.21. The van der Waals surface area contributed by atoms with Crippen LogP contribution in [0.25, 0.3) is 0 Å². The average molecular weight is 365 g/mol. The van der Waals surface area contributed by atoms with E-state index in [2.05, 4.69) is 10.6 Å². The third-order valence-corrected chi connectivity index (χ3v) is 4.40. The first-order valence-corrected chi connectivity index (χ1v) is 8.29. The number of benzene rings is 2. The molecular weight excluding hydrogens is 344 g/mol. The Morgan fingerprint density at radius 1 is 1.17 bits per heavy atom. The molecule has 0 aliphatic heterocycles. The van der Waals surface area contributed by atoms with E-state index in [9.17, 15) is 0 Å². The third kappa shape index (κ3) is 4.30. The topological polar surface area (TPSA) is 42.5 Å². The zero-order valence-electron chi connectivity index (χ0n) is 14.1. The van der Waals surface area contributed by atoms with Crippen LogP contribution in [-0.2, 0) is 0 Å². The highest BCUT2D eigenvalue weighted by molar-refractivity contribution is 7.80. The number of hydrogen-bond acceptors (Lipinski definition) is 3. The Labute approximate surface area is 153 Å². The van der Waals surface area contributed by atoms with Gasteiger partial charge in [0.15, 0.2) is 5.11 Å². The molecule has 2 N–H and O–H groups in total. The number of thiocarbonyl (C=S) groups is 1. The number of methoxy groups -OCH3 is 2. The number of rotatable bonds is 5. The van der Waals surface area contributed by atoms with Gasteiger partial charge < -0.3 is 20.1 Å². The number of anilines is 1. The maximum absolute atomic E-state index is 6.14. The summed E-state index contributed by atoms with van der Waals surface area (Å²) >= 11 is 11.6. The first-order valence-electron chi connectivity index (χ1n) is 7.50. The first-order chi connectivity index (χ1) is 11.5. The van der Waals surface area contributed by atoms with Gasteiger partial charge in [0.2, 0.25) is 0 Å². The van der Waals surface area contributed by atoms with Crippen LogP contribution in [0.2, 0.25) is 5.02 Å². The summed E-state index contributed by atoms with van der Waals surface area (Å²) in [5, 5.41) is 7.65. The molecular formula is C18H21ClN2O2S. The molecule has 24 heavy (non-hydrogen) atoms. The molecule has 0 fully saturated rings. The van der Waals surface area contributed by atoms with Crippen LogP contribution in [0.3, 0.4) is 0 Å². The molecule has 4 nitrogen and oxygen atoms in total. The Morgan fingerprint density at radius 3 is 2.58 bits per heavy atom. The smallest absolute Gasteiger partial charge is 0.171 e. The monoisotopic (exact) mass is 364 g/mol. The van der Waals surface area contributed by atoms with Gasteiger partial charge in [-0.25, -0.2) is 0 Å². The second-order valence-corrected chi connectivity index (χ2v) is 6.16. The van der Waals surface area contributed by atoms with Gasteiger partial charge in [0.1, 0.15) is 11.5 Å². The largest absolute Gasteiger partial charge is 0.497 e. The Hall–Kier alpha value is -1.98. The van der Waals surface area contributed by atoms with E-state index in [1.54, 1.807) is 14.2 Å². The van der Waals surface area contributed by atoms with Crippen LogP contribution in [-0.4, -0.2) is 19.3 Å². The van der Waals surface area contributed by atoms with E-state index in [4.69, 9.17) is 33.3 Å². The number of ether oxygens (including phenoxy) is 2. The zero-order valence-corrected chi connectivity index (χ0v) is 15.7. The number of halogens is 1. The van der Waals surface area contributed by atoms with Gasteiger partial charge in [-0.1, -0.05) is 17.7 Å². The van der Waals surface area contributed by atoms with Crippen LogP contribution in [0.1, 0.15) is 24.1 Å². The number of nitrogens with one attached hydrogen (secondary N) is 2. The molecule has 0 heterocycles. The van der Waals surface area contributed by atoms with Crippen molar-refractivity contribution in [3.8, 4) is 11.5 Å². The normalized spacial score (nSPS) is 11.5. The highest BCUT2D eigenvalue weighted by Gasteiger charge is 2.14. The molecule has 2 rings (SSSR count). The van der Waals surface area contributed by atoms with E-state index < -0.39 is 0 Å². The summed E-state index contributed by atoms with van der Waals surface area (Å²) in [5.41, 5.74) is 2.79. The quantitative estimate of drug-likeness (QED) is 0.752. The molecule has 0 aliphatic carbocycles. The second kappa shape index (κ2) is 8.22. The second-order valence-electron chi connectivity index (χ2n) is 5.34. The summed E-state index contributed by atoms with van der Waals surface area (Å²) in [6.07, 6.45) is 0. The summed E-state index contributed by atoms with van der Waals surface area (Å²) in [6, 6.07) is 11.3. The van der Waals surface area contributed by atoms with Crippen molar-refractivity contribution >= 4 is 34.6 Å². The van der Waals surface area contributed by atoms with E-state index >= 15 is 0 Å². The lowest BCUT2D eigenvalue weighted by atomic mass is 10.1. The molecule has 2 aromatic rings. The fourth-order valence-corrected chi connectivity index (χ4v) is 2.81. The minimum atomic E-state index is -0.0606. The third-order valence-electron chi connectivity index (χ3n) is 3.77. The van der Waals surface area contributed by atoms with Crippen LogP contribution < -0.4 is 20.1 Å². The highest BCUT2D eigenvalue weighted by Crippen LogP contribution is 2.29. The van der Waals surface area contributed by atoms with Gasteiger partial charge >= 0.3 is 0 Å². The summed E-state index contributed by atoms with van der Waals surface area (Å²) in [7, 11) is 3.28. The predicted octanol–water partition coefficient (Wildman–Crippen LogP) is 4.71. The Balaban J connectivity index is 2.13. The molecule has 128 valence electrons. The molecule has 0 unspecified atom stereocenters. The lowest BCUT2D eigenvalue weighted by Crippen LogP contribution is -2.31. The predicted molar refractivity (Wildman–Crippen MR) is 104 cm³/mol. The summed E-state index contributed by atoms with van der Waals surface area (Å²) in [5.74, 6) is 1.54. The van der Waals surface area contributed by atoms with E-state index in [1.165, 1.54) is 0 Å². The summed E-state index contributed by atoms with van der Waals surface area (Å²) in [6.45, 7) is 3.96. The van der Waals surface area contributed by atoms with Crippen LogP contribution >= 0.6 is 23.8 Å². The van der Waals surface area contributed by atoms with Gasteiger partial charge in [-0.3, -0.25) is 0 Å². The zero-order chi connectivity index (χ0) is 17.7. The van der Waals surface area contributed by atoms with Crippen LogP contribution in [0.4, 0.5) is 5.69 Å². The summed E-state index contributed by atoms with van der Waals surface area (Å²) in [4.78, 5) is 0. The van der Waals surface area contributed by atoms with Crippen molar-refractivity contribution < 1.29 is 9.47 Å². The molecule has 0 bridgehead atoms. The van der Waals surface area contributed by atoms with Gasteiger partial charge in [-0.15, -0.1) is 0 Å². The Kier molecular flexibility index (Phi) is 6.29. The van der Waals surface area contributed by atoms with Crippen molar-refractivity contribution in [2.45, 2.75) is 19.9 Å². The van der Waals surface area contributed by atoms with E-state index in [0.717, 1.165) is 28.3 Å². The van der Waals surface area contributed by atoms with E-state index in [1.807, 2.05) is 50.2 Å². The van der Waals surface area contributed by atoms with Crippen LogP contribution in [0, 0.1) is 6.92 Å². The van der Waals surface area contributed by atoms with Gasteiger partial charge in [-0.05, 0) is 62.0 Å². The minimum Gasteiger partial charge on any atom is -0.497 e. The first kappa shape index (κ1) is 18.4. The van der Waals surface area contributed by atoms with Crippen molar-refractivity contribution in [1.29, 1.82) is 0 Å². The highest BCUT2D eigenvalue weighted by atomic mass is 35.5. The average Bonchev–Trinajstić information content (AvgIpc) is 2.58. The van der Waals surface area contributed by atoms with Gasteiger partial charge in [0, 0.05) is 16.3 Å². The fourth-order valence-electron chi connectivity index (χ4n) is 2.35. The van der Waals surface area contributed by atoms with Crippen LogP contribution in [0.15, 0.2) is 36.4 Å². The molecule has 6 heteroatoms. The van der Waals surface area contributed by atoms with Crippen LogP contribution in [0.5, 0.6) is 11.5 Å². The Morgan fingerprint density at radius 2 is 1.92 bits per heavy atom. The van der Waals surface area contributed by atoms with E-state index in [0.29, 0.717) is 10.1 Å². The molecule has 0 aliphatic rings. The number of hydrogen-bond donors (Lipinski definition) is 2. The summed E-state index contributed by atoms with van der Waals surface area (Å²) < 4.78 is 10.7. The van der Waals surface area contributed by atoms with Crippen molar-refractivity contribution in [3.63, 3.8) is 0 Å². The van der Waals surface area contributed by atoms with Crippen molar-refractivity contribution in [1.82, 2.24) is 5.32 Å². The van der Waals surface area contributed by atoms with Crippen molar-refractivity contribution in [2.75, 3.05) is 19.5 Å². The Bertz CT molecular complexity index is 737. The lowest BCUT2D eigenvalue weighted by molar-refractivity contribution is 0.395. The minimum absolute atomic E-state index is 0.0606. The molecule has 0 saturated heterocycles. The molecule has 0 radical (unpaired) electrons. The standard InChI is InChI=1S/C18H21ClN2O2S/c1-11-15(19)6-5-7-16(11)21-18(24)20-12(2)14-10-13(22-3)8-9-17(14)23-4/h5-10,12H,1-4H3,(H2,20,21,24)/t12-/m0/s1. The molecule has 0 amide bonds. The van der Waals surface area contributed by atoms with Gasteiger partial charge in [0.25, 0.3) is 0 Å². The van der Waals surface area contributed by atoms with Gasteiger partial charge in [0.05, 0.1) is 20.3 Å². The SMILES string of the molecule is COc1ccc(OC)c([C@H](C)NC(=S)Nc2cccc(Cl)c2C)c1. The van der Waals surface area contributed by atoms with Gasteiger partial charge in [-0.2, -0.15) is 0 Å².